The minimum atomic E-state index is -0.808. The Labute approximate surface area is 140 Å². The number of carbonyl (C=O) groups excluding carboxylic acids is 1. The Morgan fingerprint density at radius 3 is 2.78 bits per heavy atom. The molecular formula is C18H17ClN2O2. The lowest BCUT2D eigenvalue weighted by Crippen LogP contribution is -2.38. The van der Waals surface area contributed by atoms with Crippen molar-refractivity contribution in [3.05, 3.63) is 46.2 Å². The molecule has 1 aromatic carbocycles. The summed E-state index contributed by atoms with van der Waals surface area (Å²) in [5.74, 6) is -0.862. The lowest BCUT2D eigenvalue weighted by molar-refractivity contribution is -0.119. The second kappa shape index (κ2) is 5.50. The van der Waals surface area contributed by atoms with Gasteiger partial charge in [0, 0.05) is 29.4 Å². The molecule has 1 aliphatic heterocycles. The molecule has 0 fully saturated rings. The summed E-state index contributed by atoms with van der Waals surface area (Å²) in [6.07, 6.45) is 1.00. The van der Waals surface area contributed by atoms with Crippen LogP contribution in [0.3, 0.4) is 0 Å². The van der Waals surface area contributed by atoms with Crippen molar-refractivity contribution in [2.45, 2.75) is 32.6 Å². The Balaban J connectivity index is 2.18. The van der Waals surface area contributed by atoms with Crippen LogP contribution in [-0.2, 0) is 9.53 Å². The maximum absolute atomic E-state index is 12.7. The van der Waals surface area contributed by atoms with Crippen LogP contribution in [-0.4, -0.2) is 11.7 Å². The van der Waals surface area contributed by atoms with Gasteiger partial charge in [-0.15, -0.1) is 0 Å². The summed E-state index contributed by atoms with van der Waals surface area (Å²) in [5, 5.41) is 18.1. The van der Waals surface area contributed by atoms with Crippen molar-refractivity contribution in [2.75, 3.05) is 0 Å². The molecular weight excluding hydrogens is 312 g/mol. The molecule has 0 saturated carbocycles. The van der Waals surface area contributed by atoms with E-state index in [4.69, 9.17) is 21.7 Å². The third-order valence-corrected chi connectivity index (χ3v) is 4.62. The predicted octanol–water partition coefficient (Wildman–Crippen LogP) is 4.21. The Kier molecular flexibility index (Phi) is 3.77. The minimum Gasteiger partial charge on any atom is -0.446 e. The molecule has 23 heavy (non-hydrogen) atoms. The van der Waals surface area contributed by atoms with Gasteiger partial charge in [-0.05, 0) is 23.1 Å². The summed E-state index contributed by atoms with van der Waals surface area (Å²) >= 11 is 6.08. The van der Waals surface area contributed by atoms with Crippen molar-refractivity contribution in [3.8, 4) is 6.07 Å². The molecule has 2 aliphatic rings. The number of halogens is 1. The van der Waals surface area contributed by atoms with Crippen molar-refractivity contribution >= 4 is 23.3 Å². The number of nitrogens with zero attached hydrogens (tertiary/aromatic N) is 1. The molecule has 0 saturated heterocycles. The van der Waals surface area contributed by atoms with E-state index in [1.54, 1.807) is 18.2 Å². The van der Waals surface area contributed by atoms with Gasteiger partial charge in [0.25, 0.3) is 0 Å². The number of hydrogen-bond acceptors (Lipinski definition) is 4. The first-order chi connectivity index (χ1) is 10.8. The summed E-state index contributed by atoms with van der Waals surface area (Å²) < 4.78 is 5.57. The summed E-state index contributed by atoms with van der Waals surface area (Å²) in [6.45, 7) is 4.01. The zero-order valence-corrected chi connectivity index (χ0v) is 13.8. The van der Waals surface area contributed by atoms with Gasteiger partial charge < -0.3 is 4.74 Å². The zero-order chi connectivity index (χ0) is 16.8. The Morgan fingerprint density at radius 2 is 2.13 bits per heavy atom. The van der Waals surface area contributed by atoms with E-state index in [1.807, 2.05) is 19.9 Å². The van der Waals surface area contributed by atoms with Crippen LogP contribution in [0.25, 0.3) is 0 Å². The molecule has 2 unspecified atom stereocenters. The fourth-order valence-electron chi connectivity index (χ4n) is 3.42. The van der Waals surface area contributed by atoms with E-state index in [0.717, 1.165) is 5.56 Å². The molecule has 4 nitrogen and oxygen atoms in total. The van der Waals surface area contributed by atoms with Gasteiger partial charge in [-0.3, -0.25) is 10.2 Å². The van der Waals surface area contributed by atoms with Crippen LogP contribution in [0, 0.1) is 28.1 Å². The molecule has 1 heterocycles. The van der Waals surface area contributed by atoms with Crippen LogP contribution in [0.1, 0.15) is 38.2 Å². The highest BCUT2D eigenvalue weighted by atomic mass is 35.5. The van der Waals surface area contributed by atoms with E-state index in [9.17, 15) is 10.1 Å². The second-order valence-electron chi connectivity index (χ2n) is 6.88. The SMILES string of the molecule is CC1(C)CC(=O)C2=C(C1)OC(=N)C(C#N)C2c1cccc(Cl)c1. The number of nitrogens with one attached hydrogen (secondary N) is 1. The highest BCUT2D eigenvalue weighted by Gasteiger charge is 2.46. The van der Waals surface area contributed by atoms with Crippen LogP contribution >= 0.6 is 11.6 Å². The first kappa shape index (κ1) is 15.8. The number of Topliss-reactive ketones (excluding diaryl/α,β-unsaturated/α-hetero) is 1. The largest absolute Gasteiger partial charge is 0.446 e. The molecule has 1 aliphatic carbocycles. The normalized spacial score (nSPS) is 26.3. The molecule has 118 valence electrons. The number of ketones is 1. The fraction of sp³-hybridized carbons (Fsp3) is 0.389. The Morgan fingerprint density at radius 1 is 1.39 bits per heavy atom. The predicted molar refractivity (Wildman–Crippen MR) is 87.2 cm³/mol. The van der Waals surface area contributed by atoms with Crippen LogP contribution in [0.4, 0.5) is 0 Å². The van der Waals surface area contributed by atoms with E-state index in [1.165, 1.54) is 0 Å². The third-order valence-electron chi connectivity index (χ3n) is 4.39. The van der Waals surface area contributed by atoms with Crippen LogP contribution < -0.4 is 0 Å². The van der Waals surface area contributed by atoms with Crippen molar-refractivity contribution < 1.29 is 9.53 Å². The number of hydrogen-bond donors (Lipinski definition) is 1. The maximum Gasteiger partial charge on any atom is 0.205 e. The number of ether oxygens (including phenoxy) is 1. The van der Waals surface area contributed by atoms with Crippen molar-refractivity contribution in [1.29, 1.82) is 10.7 Å². The highest BCUT2D eigenvalue weighted by Crippen LogP contribution is 2.47. The van der Waals surface area contributed by atoms with Crippen molar-refractivity contribution in [1.82, 2.24) is 0 Å². The summed E-state index contributed by atoms with van der Waals surface area (Å²) in [6, 6.07) is 9.26. The molecule has 3 rings (SSSR count). The van der Waals surface area contributed by atoms with Gasteiger partial charge in [0.1, 0.15) is 11.7 Å². The monoisotopic (exact) mass is 328 g/mol. The number of rotatable bonds is 1. The Hall–Kier alpha value is -2.12. The number of carbonyl (C=O) groups is 1. The molecule has 0 amide bonds. The van der Waals surface area contributed by atoms with Crippen LogP contribution in [0.5, 0.6) is 0 Å². The van der Waals surface area contributed by atoms with E-state index in [0.29, 0.717) is 29.2 Å². The van der Waals surface area contributed by atoms with Gasteiger partial charge in [-0.2, -0.15) is 5.26 Å². The van der Waals surface area contributed by atoms with Gasteiger partial charge in [-0.1, -0.05) is 37.6 Å². The topological polar surface area (TPSA) is 73.9 Å². The van der Waals surface area contributed by atoms with Gasteiger partial charge >= 0.3 is 0 Å². The van der Waals surface area contributed by atoms with Gasteiger partial charge in [0.15, 0.2) is 5.78 Å². The van der Waals surface area contributed by atoms with Crippen LogP contribution in [0.2, 0.25) is 5.02 Å². The lowest BCUT2D eigenvalue weighted by Gasteiger charge is -2.39. The minimum absolute atomic E-state index is 0.00558. The standard InChI is InChI=1S/C18H17ClN2O2/c1-18(2)7-13(22)16-14(8-18)23-17(21)12(9-20)15(16)10-4-3-5-11(19)6-10/h3-6,12,15,21H,7-8H2,1-2H3. The van der Waals surface area contributed by atoms with E-state index in [-0.39, 0.29) is 17.1 Å². The first-order valence-corrected chi connectivity index (χ1v) is 7.88. The second-order valence-corrected chi connectivity index (χ2v) is 7.32. The highest BCUT2D eigenvalue weighted by molar-refractivity contribution is 6.30. The molecule has 0 aromatic heterocycles. The molecule has 2 atom stereocenters. The average Bonchev–Trinajstić information content (AvgIpc) is 2.44. The zero-order valence-electron chi connectivity index (χ0n) is 13.0. The quantitative estimate of drug-likeness (QED) is 0.839. The number of nitriles is 1. The van der Waals surface area contributed by atoms with Gasteiger partial charge in [0.2, 0.25) is 5.90 Å². The Bertz CT molecular complexity index is 773. The van der Waals surface area contributed by atoms with Gasteiger partial charge in [0.05, 0.1) is 6.07 Å². The fourth-order valence-corrected chi connectivity index (χ4v) is 3.62. The smallest absolute Gasteiger partial charge is 0.205 e. The summed E-state index contributed by atoms with van der Waals surface area (Å²) in [5.41, 5.74) is 1.11. The number of allylic oxidation sites excluding steroid dienone is 2. The molecule has 1 N–H and O–H groups in total. The van der Waals surface area contributed by atoms with E-state index in [2.05, 4.69) is 6.07 Å². The lowest BCUT2D eigenvalue weighted by atomic mass is 9.68. The number of benzene rings is 1. The maximum atomic E-state index is 12.7. The molecule has 5 heteroatoms. The molecule has 0 bridgehead atoms. The average molecular weight is 329 g/mol. The first-order valence-electron chi connectivity index (χ1n) is 7.50. The summed E-state index contributed by atoms with van der Waals surface area (Å²) in [4.78, 5) is 12.7. The van der Waals surface area contributed by atoms with E-state index < -0.39 is 11.8 Å². The molecule has 0 spiro atoms. The van der Waals surface area contributed by atoms with Gasteiger partial charge in [-0.25, -0.2) is 0 Å². The van der Waals surface area contributed by atoms with Crippen molar-refractivity contribution in [2.24, 2.45) is 11.3 Å². The molecule has 0 radical (unpaired) electrons. The van der Waals surface area contributed by atoms with Crippen LogP contribution in [0.15, 0.2) is 35.6 Å². The van der Waals surface area contributed by atoms with Crippen molar-refractivity contribution in [3.63, 3.8) is 0 Å². The molecule has 1 aromatic rings. The third kappa shape index (κ3) is 2.77. The summed E-state index contributed by atoms with van der Waals surface area (Å²) in [7, 11) is 0. The van der Waals surface area contributed by atoms with E-state index >= 15 is 0 Å².